The zero-order chi connectivity index (χ0) is 13.8. The van der Waals surface area contributed by atoms with E-state index < -0.39 is 5.60 Å². The lowest BCUT2D eigenvalue weighted by molar-refractivity contribution is 0.0459. The lowest BCUT2D eigenvalue weighted by Crippen LogP contribution is -2.43. The number of rotatable bonds is 5. The molecule has 2 N–H and O–H groups in total. The van der Waals surface area contributed by atoms with Gasteiger partial charge in [-0.05, 0) is 40.1 Å². The Hall–Kier alpha value is -1.64. The van der Waals surface area contributed by atoms with E-state index in [2.05, 4.69) is 16.4 Å². The highest BCUT2D eigenvalue weighted by Gasteiger charge is 2.21. The number of nitrogens with one attached hydrogen (secondary N) is 1. The lowest BCUT2D eigenvalue weighted by Gasteiger charge is -2.27. The maximum Gasteiger partial charge on any atom is 0.144 e. The summed E-state index contributed by atoms with van der Waals surface area (Å²) in [4.78, 5) is 6.18. The number of anilines is 1. The van der Waals surface area contributed by atoms with E-state index in [-0.39, 0.29) is 0 Å². The molecule has 1 heterocycles. The van der Waals surface area contributed by atoms with Gasteiger partial charge in [0.15, 0.2) is 0 Å². The molecular formula is C13H20N4O. The Kier molecular flexibility index (Phi) is 4.65. The van der Waals surface area contributed by atoms with Gasteiger partial charge in [0.1, 0.15) is 11.9 Å². The summed E-state index contributed by atoms with van der Waals surface area (Å²) in [5, 5.41) is 22.2. The summed E-state index contributed by atoms with van der Waals surface area (Å²) in [6, 6.07) is 5.60. The zero-order valence-corrected chi connectivity index (χ0v) is 11.4. The van der Waals surface area contributed by atoms with E-state index in [0.29, 0.717) is 24.5 Å². The highest BCUT2D eigenvalue weighted by Crippen LogP contribution is 2.14. The van der Waals surface area contributed by atoms with Gasteiger partial charge in [-0.1, -0.05) is 0 Å². The van der Waals surface area contributed by atoms with Crippen LogP contribution in [0.3, 0.4) is 0 Å². The van der Waals surface area contributed by atoms with Crippen molar-refractivity contribution < 1.29 is 5.11 Å². The van der Waals surface area contributed by atoms with Gasteiger partial charge in [0, 0.05) is 18.8 Å². The average Bonchev–Trinajstić information content (AvgIpc) is 2.25. The van der Waals surface area contributed by atoms with Gasteiger partial charge >= 0.3 is 0 Å². The molecule has 1 atom stereocenters. The Morgan fingerprint density at radius 2 is 2.17 bits per heavy atom. The fraction of sp³-hybridized carbons (Fsp3) is 0.538. The summed E-state index contributed by atoms with van der Waals surface area (Å²) in [7, 11) is 3.81. The molecule has 0 aliphatic heterocycles. The third-order valence-corrected chi connectivity index (χ3v) is 2.45. The zero-order valence-electron chi connectivity index (χ0n) is 11.4. The topological polar surface area (TPSA) is 72.2 Å². The van der Waals surface area contributed by atoms with Crippen LogP contribution >= 0.6 is 0 Å². The van der Waals surface area contributed by atoms with Crippen molar-refractivity contribution in [2.24, 2.45) is 0 Å². The number of pyridine rings is 1. The third-order valence-electron chi connectivity index (χ3n) is 2.45. The smallest absolute Gasteiger partial charge is 0.144 e. The van der Waals surface area contributed by atoms with E-state index in [1.54, 1.807) is 19.1 Å². The van der Waals surface area contributed by atoms with Crippen molar-refractivity contribution in [1.82, 2.24) is 9.88 Å². The molecule has 98 valence electrons. The Morgan fingerprint density at radius 1 is 1.50 bits per heavy atom. The monoisotopic (exact) mass is 248 g/mol. The number of hydrogen-bond donors (Lipinski definition) is 2. The number of nitrogens with zero attached hydrogens (tertiary/aromatic N) is 3. The Balaban J connectivity index is 2.74. The second kappa shape index (κ2) is 5.80. The fourth-order valence-electron chi connectivity index (χ4n) is 1.79. The molecule has 0 aliphatic rings. The number of hydrogen-bond acceptors (Lipinski definition) is 5. The molecule has 0 bridgehead atoms. The summed E-state index contributed by atoms with van der Waals surface area (Å²) in [6.45, 7) is 4.50. The van der Waals surface area contributed by atoms with E-state index >= 15 is 0 Å². The number of aryl methyl sites for hydroxylation is 1. The van der Waals surface area contributed by atoms with Crippen LogP contribution < -0.4 is 5.32 Å². The van der Waals surface area contributed by atoms with Gasteiger partial charge in [-0.2, -0.15) is 5.26 Å². The van der Waals surface area contributed by atoms with Crippen LogP contribution in [0.2, 0.25) is 0 Å². The molecule has 0 amide bonds. The minimum atomic E-state index is -0.873. The summed E-state index contributed by atoms with van der Waals surface area (Å²) < 4.78 is 0. The Morgan fingerprint density at radius 3 is 2.72 bits per heavy atom. The predicted octanol–water partition coefficient (Wildman–Crippen LogP) is 0.986. The van der Waals surface area contributed by atoms with Gasteiger partial charge in [0.05, 0.1) is 11.2 Å². The van der Waals surface area contributed by atoms with Crippen LogP contribution in [0.25, 0.3) is 0 Å². The van der Waals surface area contributed by atoms with Gasteiger partial charge in [-0.15, -0.1) is 0 Å². The summed E-state index contributed by atoms with van der Waals surface area (Å²) in [6.07, 6.45) is 0. The van der Waals surface area contributed by atoms with E-state index in [4.69, 9.17) is 5.26 Å². The Labute approximate surface area is 108 Å². The molecule has 18 heavy (non-hydrogen) atoms. The van der Waals surface area contributed by atoms with Crippen LogP contribution in [-0.2, 0) is 0 Å². The minimum Gasteiger partial charge on any atom is -0.387 e. The van der Waals surface area contributed by atoms with Crippen molar-refractivity contribution in [1.29, 1.82) is 5.26 Å². The molecule has 5 heteroatoms. The second-order valence-electron chi connectivity index (χ2n) is 5.05. The number of aliphatic hydroxyl groups is 1. The average molecular weight is 248 g/mol. The molecular weight excluding hydrogens is 228 g/mol. The molecule has 0 aromatic carbocycles. The molecule has 0 saturated heterocycles. The van der Waals surface area contributed by atoms with Crippen molar-refractivity contribution >= 4 is 5.82 Å². The molecule has 0 fully saturated rings. The molecule has 5 nitrogen and oxygen atoms in total. The van der Waals surface area contributed by atoms with Gasteiger partial charge in [0.25, 0.3) is 0 Å². The third kappa shape index (κ3) is 4.32. The quantitative estimate of drug-likeness (QED) is 0.813. The first kappa shape index (κ1) is 14.4. The largest absolute Gasteiger partial charge is 0.387 e. The second-order valence-corrected chi connectivity index (χ2v) is 5.05. The number of nitriles is 1. The van der Waals surface area contributed by atoms with E-state index in [1.165, 1.54) is 0 Å². The first-order valence-electron chi connectivity index (χ1n) is 5.83. The maximum absolute atomic E-state index is 10.2. The van der Waals surface area contributed by atoms with Crippen LogP contribution in [0.4, 0.5) is 5.82 Å². The molecule has 0 aliphatic carbocycles. The van der Waals surface area contributed by atoms with Crippen molar-refractivity contribution in [3.8, 4) is 6.07 Å². The lowest BCUT2D eigenvalue weighted by atomic mass is 10.1. The molecule has 1 aromatic rings. The highest BCUT2D eigenvalue weighted by molar-refractivity contribution is 5.52. The van der Waals surface area contributed by atoms with Crippen molar-refractivity contribution in [3.05, 3.63) is 23.4 Å². The standard InChI is InChI=1S/C13H20N4O/c1-10-5-6-11(7-14)12(16-10)15-8-13(2,18)9-17(3)4/h5-6,18H,8-9H2,1-4H3,(H,15,16). The van der Waals surface area contributed by atoms with Gasteiger partial charge in [-0.3, -0.25) is 0 Å². The van der Waals surface area contributed by atoms with Crippen molar-refractivity contribution in [3.63, 3.8) is 0 Å². The van der Waals surface area contributed by atoms with Crippen LogP contribution in [0, 0.1) is 18.3 Å². The predicted molar refractivity (Wildman–Crippen MR) is 71.4 cm³/mol. The SMILES string of the molecule is Cc1ccc(C#N)c(NCC(C)(O)CN(C)C)n1. The maximum atomic E-state index is 10.2. The van der Waals surface area contributed by atoms with Gasteiger partial charge in [-0.25, -0.2) is 4.98 Å². The first-order valence-corrected chi connectivity index (χ1v) is 5.83. The summed E-state index contributed by atoms with van der Waals surface area (Å²) >= 11 is 0. The Bertz CT molecular complexity index is 449. The van der Waals surface area contributed by atoms with Crippen LogP contribution in [0.1, 0.15) is 18.2 Å². The van der Waals surface area contributed by atoms with Gasteiger partial charge < -0.3 is 15.3 Å². The van der Waals surface area contributed by atoms with E-state index in [1.807, 2.05) is 25.9 Å². The van der Waals surface area contributed by atoms with Crippen LogP contribution in [0.15, 0.2) is 12.1 Å². The van der Waals surface area contributed by atoms with Gasteiger partial charge in [0.2, 0.25) is 0 Å². The summed E-state index contributed by atoms with van der Waals surface area (Å²) in [5.41, 5.74) is 0.451. The molecule has 0 saturated carbocycles. The van der Waals surface area contributed by atoms with Crippen molar-refractivity contribution in [2.45, 2.75) is 19.4 Å². The molecule has 1 aromatic heterocycles. The van der Waals surface area contributed by atoms with E-state index in [0.717, 1.165) is 5.69 Å². The molecule has 1 rings (SSSR count). The van der Waals surface area contributed by atoms with Crippen molar-refractivity contribution in [2.75, 3.05) is 32.5 Å². The normalized spacial score (nSPS) is 14.1. The summed E-state index contributed by atoms with van der Waals surface area (Å²) in [5.74, 6) is 0.525. The molecule has 1 unspecified atom stereocenters. The number of aromatic nitrogens is 1. The van der Waals surface area contributed by atoms with Crippen LogP contribution in [0.5, 0.6) is 0 Å². The molecule has 0 radical (unpaired) electrons. The molecule has 0 spiro atoms. The number of likely N-dealkylation sites (N-methyl/N-ethyl adjacent to an activating group) is 1. The van der Waals surface area contributed by atoms with Crippen LogP contribution in [-0.4, -0.2) is 47.8 Å². The first-order chi connectivity index (χ1) is 8.34. The fourth-order valence-corrected chi connectivity index (χ4v) is 1.79. The van der Waals surface area contributed by atoms with E-state index in [9.17, 15) is 5.11 Å². The minimum absolute atomic E-state index is 0.344. The highest BCUT2D eigenvalue weighted by atomic mass is 16.3.